The zero-order valence-corrected chi connectivity index (χ0v) is 9.22. The highest BCUT2D eigenvalue weighted by atomic mass is 16.5. The first-order chi connectivity index (χ1) is 7.10. The summed E-state index contributed by atoms with van der Waals surface area (Å²) in [5.74, 6) is 0.312. The number of ether oxygens (including phenoxy) is 1. The van der Waals surface area contributed by atoms with Crippen molar-refractivity contribution in [3.63, 3.8) is 0 Å². The molecule has 0 aliphatic heterocycles. The smallest absolute Gasteiger partial charge is 0.234 e. The van der Waals surface area contributed by atoms with Crippen molar-refractivity contribution in [2.45, 2.75) is 19.4 Å². The van der Waals surface area contributed by atoms with E-state index in [1.807, 2.05) is 11.9 Å². The van der Waals surface area contributed by atoms with Crippen molar-refractivity contribution < 1.29 is 14.6 Å². The van der Waals surface area contributed by atoms with Gasteiger partial charge in [-0.1, -0.05) is 0 Å². The summed E-state index contributed by atoms with van der Waals surface area (Å²) in [4.78, 5) is 15.3. The van der Waals surface area contributed by atoms with Gasteiger partial charge in [0.2, 0.25) is 6.41 Å². The minimum absolute atomic E-state index is 0.00256. The van der Waals surface area contributed by atoms with Crippen molar-refractivity contribution >= 4 is 12.2 Å². The van der Waals surface area contributed by atoms with Crippen LogP contribution in [0.15, 0.2) is 4.99 Å². The van der Waals surface area contributed by atoms with Crippen molar-refractivity contribution in [2.75, 3.05) is 26.9 Å². The molecule has 1 atom stereocenters. The predicted octanol–water partition coefficient (Wildman–Crippen LogP) is -0.823. The Kier molecular flexibility index (Phi) is 7.79. The molecule has 6 heteroatoms. The molecular formula is C9H19N3O3. The number of hydrogen-bond acceptors (Lipinski definition) is 4. The molecule has 1 unspecified atom stereocenters. The fourth-order valence-corrected chi connectivity index (χ4v) is 0.809. The van der Waals surface area contributed by atoms with Crippen molar-refractivity contribution in [2.24, 2.45) is 10.7 Å². The summed E-state index contributed by atoms with van der Waals surface area (Å²) in [6.07, 6.45) is 0.777. The van der Waals surface area contributed by atoms with E-state index >= 15 is 0 Å². The lowest BCUT2D eigenvalue weighted by molar-refractivity contribution is -0.106. The van der Waals surface area contributed by atoms with E-state index in [9.17, 15) is 4.79 Å². The lowest BCUT2D eigenvalue weighted by Gasteiger charge is -2.18. The van der Waals surface area contributed by atoms with Gasteiger partial charge in [0.25, 0.3) is 0 Å². The molecule has 88 valence electrons. The van der Waals surface area contributed by atoms with Crippen LogP contribution in [0.2, 0.25) is 0 Å². The number of carbonyl (C=O) groups is 1. The van der Waals surface area contributed by atoms with Gasteiger partial charge in [-0.25, -0.2) is 4.99 Å². The average molecular weight is 217 g/mol. The van der Waals surface area contributed by atoms with E-state index in [1.54, 1.807) is 6.92 Å². The molecule has 0 radical (unpaired) electrons. The zero-order valence-electron chi connectivity index (χ0n) is 9.22. The van der Waals surface area contributed by atoms with Crippen LogP contribution in [0.3, 0.4) is 0 Å². The van der Waals surface area contributed by atoms with Gasteiger partial charge in [0.15, 0.2) is 0 Å². The maximum atomic E-state index is 9.98. The van der Waals surface area contributed by atoms with Gasteiger partial charge >= 0.3 is 0 Å². The molecule has 0 spiro atoms. The van der Waals surface area contributed by atoms with E-state index in [-0.39, 0.29) is 12.7 Å². The van der Waals surface area contributed by atoms with Gasteiger partial charge in [-0.15, -0.1) is 0 Å². The molecule has 0 rings (SSSR count). The number of aliphatic hydroxyl groups is 1. The quantitative estimate of drug-likeness (QED) is 0.240. The number of amidine groups is 1. The fraction of sp³-hybridized carbons (Fsp3) is 0.778. The standard InChI is InChI=1S/C9H19N3O3/c1-8(5-13)15-7-12(2)4-3-9(10)11-6-14/h6,8,13H,3-5,7H2,1-2H3,(H2,10,11,14). The van der Waals surface area contributed by atoms with E-state index in [0.29, 0.717) is 31.9 Å². The summed E-state index contributed by atoms with van der Waals surface area (Å²) in [6.45, 7) is 2.86. The van der Waals surface area contributed by atoms with Crippen molar-refractivity contribution in [1.82, 2.24) is 4.90 Å². The maximum Gasteiger partial charge on any atom is 0.234 e. The first kappa shape index (κ1) is 14.0. The number of hydrogen-bond donors (Lipinski definition) is 2. The predicted molar refractivity (Wildman–Crippen MR) is 57.4 cm³/mol. The Labute approximate surface area is 89.7 Å². The number of nitrogens with zero attached hydrogens (tertiary/aromatic N) is 2. The first-order valence-corrected chi connectivity index (χ1v) is 4.77. The molecule has 0 aliphatic carbocycles. The molecule has 0 fully saturated rings. The van der Waals surface area contributed by atoms with Crippen LogP contribution in [0, 0.1) is 0 Å². The number of rotatable bonds is 8. The van der Waals surface area contributed by atoms with Gasteiger partial charge in [0.05, 0.1) is 19.4 Å². The minimum atomic E-state index is -0.173. The molecule has 3 N–H and O–H groups in total. The summed E-state index contributed by atoms with van der Waals surface area (Å²) in [7, 11) is 1.86. The van der Waals surface area contributed by atoms with Gasteiger partial charge in [-0.3, -0.25) is 9.69 Å². The zero-order chi connectivity index (χ0) is 11.7. The SMILES string of the molecule is CC(CO)OCN(C)CCC(N)=NC=O. The highest BCUT2D eigenvalue weighted by Gasteiger charge is 2.03. The van der Waals surface area contributed by atoms with Crippen LogP contribution in [0.5, 0.6) is 0 Å². The molecule has 0 saturated carbocycles. The topological polar surface area (TPSA) is 88.2 Å². The molecule has 0 heterocycles. The Balaban J connectivity index is 3.61. The number of aliphatic imine (C=N–C) groups is 1. The normalized spacial score (nSPS) is 14.3. The lowest BCUT2D eigenvalue weighted by Crippen LogP contribution is -2.29. The van der Waals surface area contributed by atoms with Crippen LogP contribution in [-0.2, 0) is 9.53 Å². The molecule has 0 aromatic rings. The Morgan fingerprint density at radius 3 is 2.93 bits per heavy atom. The maximum absolute atomic E-state index is 9.98. The summed E-state index contributed by atoms with van der Waals surface area (Å²) in [5.41, 5.74) is 5.43. The Morgan fingerprint density at radius 1 is 1.73 bits per heavy atom. The fourth-order valence-electron chi connectivity index (χ4n) is 0.809. The van der Waals surface area contributed by atoms with Gasteiger partial charge < -0.3 is 15.6 Å². The Morgan fingerprint density at radius 2 is 2.40 bits per heavy atom. The minimum Gasteiger partial charge on any atom is -0.394 e. The van der Waals surface area contributed by atoms with E-state index in [1.165, 1.54) is 0 Å². The van der Waals surface area contributed by atoms with Crippen molar-refractivity contribution in [3.8, 4) is 0 Å². The average Bonchev–Trinajstić information content (AvgIpc) is 2.23. The first-order valence-electron chi connectivity index (χ1n) is 4.77. The third-order valence-corrected chi connectivity index (χ3v) is 1.80. The van der Waals surface area contributed by atoms with E-state index in [2.05, 4.69) is 4.99 Å². The van der Waals surface area contributed by atoms with Crippen LogP contribution in [0.4, 0.5) is 0 Å². The van der Waals surface area contributed by atoms with Gasteiger partial charge in [-0.2, -0.15) is 0 Å². The molecule has 0 aromatic carbocycles. The van der Waals surface area contributed by atoms with Crippen molar-refractivity contribution in [1.29, 1.82) is 0 Å². The van der Waals surface area contributed by atoms with Gasteiger partial charge in [0, 0.05) is 13.0 Å². The number of amides is 1. The van der Waals surface area contributed by atoms with E-state index < -0.39 is 0 Å². The highest BCUT2D eigenvalue weighted by Crippen LogP contribution is 1.93. The highest BCUT2D eigenvalue weighted by molar-refractivity contribution is 5.86. The lowest BCUT2D eigenvalue weighted by atomic mass is 10.4. The van der Waals surface area contributed by atoms with Crippen LogP contribution < -0.4 is 5.73 Å². The summed E-state index contributed by atoms with van der Waals surface area (Å²) < 4.78 is 5.27. The van der Waals surface area contributed by atoms with Crippen LogP contribution in [-0.4, -0.2) is 55.3 Å². The van der Waals surface area contributed by atoms with Crippen LogP contribution in [0.1, 0.15) is 13.3 Å². The number of aliphatic hydroxyl groups excluding tert-OH is 1. The summed E-state index contributed by atoms with van der Waals surface area (Å²) in [6, 6.07) is 0. The second-order valence-corrected chi connectivity index (χ2v) is 3.34. The molecule has 0 aromatic heterocycles. The molecule has 15 heavy (non-hydrogen) atoms. The molecular weight excluding hydrogens is 198 g/mol. The molecule has 0 bridgehead atoms. The van der Waals surface area contributed by atoms with Crippen LogP contribution >= 0.6 is 0 Å². The molecule has 1 amide bonds. The summed E-state index contributed by atoms with van der Waals surface area (Å²) in [5, 5.41) is 8.71. The monoisotopic (exact) mass is 217 g/mol. The molecule has 0 aliphatic rings. The van der Waals surface area contributed by atoms with Crippen molar-refractivity contribution in [3.05, 3.63) is 0 Å². The Bertz CT molecular complexity index is 209. The molecule has 0 saturated heterocycles. The number of carbonyl (C=O) groups excluding carboxylic acids is 1. The van der Waals surface area contributed by atoms with E-state index in [0.717, 1.165) is 0 Å². The third kappa shape index (κ3) is 8.04. The summed E-state index contributed by atoms with van der Waals surface area (Å²) >= 11 is 0. The molecule has 6 nitrogen and oxygen atoms in total. The van der Waals surface area contributed by atoms with Gasteiger partial charge in [0.1, 0.15) is 5.84 Å². The van der Waals surface area contributed by atoms with E-state index in [4.69, 9.17) is 15.6 Å². The Hall–Kier alpha value is -0.980. The van der Waals surface area contributed by atoms with Crippen LogP contribution in [0.25, 0.3) is 0 Å². The van der Waals surface area contributed by atoms with Gasteiger partial charge in [-0.05, 0) is 14.0 Å². The number of nitrogens with two attached hydrogens (primary N) is 1. The largest absolute Gasteiger partial charge is 0.394 e. The third-order valence-electron chi connectivity index (χ3n) is 1.80. The second-order valence-electron chi connectivity index (χ2n) is 3.34. The second kappa shape index (κ2) is 8.34.